The lowest BCUT2D eigenvalue weighted by Crippen LogP contribution is -2.42. The first-order valence-corrected chi connectivity index (χ1v) is 6.95. The second-order valence-corrected chi connectivity index (χ2v) is 5.73. The van der Waals surface area contributed by atoms with Gasteiger partial charge in [-0.1, -0.05) is 13.8 Å². The fourth-order valence-electron chi connectivity index (χ4n) is 2.73. The molecule has 0 spiro atoms. The number of phenolic OH excluding ortho intramolecular Hbond substituents is 1. The summed E-state index contributed by atoms with van der Waals surface area (Å²) in [6.07, 6.45) is 0.719. The van der Waals surface area contributed by atoms with E-state index in [0.717, 1.165) is 19.0 Å². The molecule has 0 aromatic heterocycles. The highest BCUT2D eigenvalue weighted by atomic mass is 16.4. The van der Waals surface area contributed by atoms with Gasteiger partial charge >= 0.3 is 5.97 Å². The molecular formula is C15H20N2O4. The van der Waals surface area contributed by atoms with Crippen molar-refractivity contribution in [1.29, 1.82) is 0 Å². The van der Waals surface area contributed by atoms with Crippen molar-refractivity contribution in [2.24, 2.45) is 11.3 Å². The number of carboxylic acid groups (broad SMARTS) is 1. The van der Waals surface area contributed by atoms with E-state index in [1.807, 2.05) is 13.8 Å². The van der Waals surface area contributed by atoms with E-state index in [9.17, 15) is 14.7 Å². The topological polar surface area (TPSA) is 98.7 Å². The van der Waals surface area contributed by atoms with Crippen LogP contribution in [0.2, 0.25) is 0 Å². The van der Waals surface area contributed by atoms with Gasteiger partial charge in [-0.2, -0.15) is 0 Å². The first-order chi connectivity index (χ1) is 9.86. The maximum absolute atomic E-state index is 12.6. The third kappa shape index (κ3) is 2.85. The number of nitrogens with one attached hydrogen (secondary N) is 2. The van der Waals surface area contributed by atoms with Crippen LogP contribution in [0.1, 0.15) is 30.6 Å². The molecule has 1 fully saturated rings. The normalized spacial score (nSPS) is 21.5. The number of carbonyl (C=O) groups excluding carboxylic acids is 1. The first-order valence-electron chi connectivity index (χ1n) is 6.95. The Hall–Kier alpha value is -2.08. The average molecular weight is 292 g/mol. The van der Waals surface area contributed by atoms with Crippen LogP contribution in [0.3, 0.4) is 0 Å². The molecule has 2 rings (SSSR count). The van der Waals surface area contributed by atoms with E-state index in [0.29, 0.717) is 6.54 Å². The van der Waals surface area contributed by atoms with Gasteiger partial charge in [-0.15, -0.1) is 0 Å². The largest absolute Gasteiger partial charge is 0.508 e. The molecule has 21 heavy (non-hydrogen) atoms. The zero-order valence-corrected chi connectivity index (χ0v) is 12.1. The molecule has 1 unspecified atom stereocenters. The van der Waals surface area contributed by atoms with Gasteiger partial charge in [-0.25, -0.2) is 4.79 Å². The summed E-state index contributed by atoms with van der Waals surface area (Å²) in [5.74, 6) is -1.38. The highest BCUT2D eigenvalue weighted by Gasteiger charge is 2.44. The first kappa shape index (κ1) is 15.3. The van der Waals surface area contributed by atoms with Crippen LogP contribution in [0, 0.1) is 11.3 Å². The number of phenols is 1. The maximum atomic E-state index is 12.6. The molecule has 1 aliphatic heterocycles. The van der Waals surface area contributed by atoms with Gasteiger partial charge in [-0.05, 0) is 37.1 Å². The molecule has 1 aromatic carbocycles. The minimum absolute atomic E-state index is 0.117. The number of anilines is 1. The van der Waals surface area contributed by atoms with Crippen molar-refractivity contribution in [3.05, 3.63) is 23.8 Å². The highest BCUT2D eigenvalue weighted by Crippen LogP contribution is 2.36. The molecular weight excluding hydrogens is 272 g/mol. The Morgan fingerprint density at radius 2 is 2.10 bits per heavy atom. The zero-order chi connectivity index (χ0) is 15.6. The van der Waals surface area contributed by atoms with Crippen LogP contribution in [0.15, 0.2) is 18.2 Å². The van der Waals surface area contributed by atoms with Crippen LogP contribution >= 0.6 is 0 Å². The van der Waals surface area contributed by atoms with Crippen LogP contribution in [0.4, 0.5) is 5.69 Å². The Bertz CT molecular complexity index is 563. The molecule has 114 valence electrons. The summed E-state index contributed by atoms with van der Waals surface area (Å²) in [6, 6.07) is 3.90. The van der Waals surface area contributed by atoms with E-state index in [2.05, 4.69) is 10.6 Å². The Labute approximate surface area is 123 Å². The molecule has 0 bridgehead atoms. The lowest BCUT2D eigenvalue weighted by atomic mass is 9.75. The Morgan fingerprint density at radius 1 is 1.38 bits per heavy atom. The number of rotatable bonds is 4. The van der Waals surface area contributed by atoms with Crippen molar-refractivity contribution in [1.82, 2.24) is 5.32 Å². The lowest BCUT2D eigenvalue weighted by molar-refractivity contribution is -0.126. The lowest BCUT2D eigenvalue weighted by Gasteiger charge is -2.31. The molecule has 6 heteroatoms. The van der Waals surface area contributed by atoms with Gasteiger partial charge < -0.3 is 20.8 Å². The summed E-state index contributed by atoms with van der Waals surface area (Å²) in [7, 11) is 0. The van der Waals surface area contributed by atoms with E-state index in [-0.39, 0.29) is 28.8 Å². The minimum atomic E-state index is -1.19. The molecule has 1 aromatic rings. The number of carboxylic acids is 1. The van der Waals surface area contributed by atoms with Gasteiger partial charge in [0.05, 0.1) is 16.7 Å². The highest BCUT2D eigenvalue weighted by molar-refractivity contribution is 6.02. The van der Waals surface area contributed by atoms with E-state index in [4.69, 9.17) is 5.11 Å². The van der Waals surface area contributed by atoms with Crippen LogP contribution in [0.5, 0.6) is 5.75 Å². The molecule has 0 saturated carbocycles. The van der Waals surface area contributed by atoms with Crippen LogP contribution < -0.4 is 10.6 Å². The zero-order valence-electron chi connectivity index (χ0n) is 12.1. The standard InChI is InChI=1S/C15H20N2O4/c1-9(2)15(5-6-16-8-15)14(21)17-12-4-3-10(18)7-11(12)13(19)20/h3-4,7,9,16,18H,5-6,8H2,1-2H3,(H,17,21)(H,19,20). The van der Waals surface area contributed by atoms with E-state index < -0.39 is 11.4 Å². The number of aromatic carboxylic acids is 1. The van der Waals surface area contributed by atoms with Gasteiger partial charge in [0.25, 0.3) is 0 Å². The van der Waals surface area contributed by atoms with E-state index >= 15 is 0 Å². The van der Waals surface area contributed by atoms with Crippen LogP contribution in [-0.4, -0.2) is 35.2 Å². The fourth-order valence-corrected chi connectivity index (χ4v) is 2.73. The monoisotopic (exact) mass is 292 g/mol. The number of amides is 1. The molecule has 1 amide bonds. The predicted octanol–water partition coefficient (Wildman–Crippen LogP) is 1.66. The molecule has 1 atom stereocenters. The van der Waals surface area contributed by atoms with Crippen LogP contribution in [0.25, 0.3) is 0 Å². The summed E-state index contributed by atoms with van der Waals surface area (Å²) in [4.78, 5) is 23.8. The van der Waals surface area contributed by atoms with Crippen molar-refractivity contribution < 1.29 is 19.8 Å². The van der Waals surface area contributed by atoms with Gasteiger partial charge in [0.1, 0.15) is 5.75 Å². The van der Waals surface area contributed by atoms with Crippen LogP contribution in [-0.2, 0) is 4.79 Å². The van der Waals surface area contributed by atoms with Crippen molar-refractivity contribution >= 4 is 17.6 Å². The second-order valence-electron chi connectivity index (χ2n) is 5.73. The smallest absolute Gasteiger partial charge is 0.337 e. The summed E-state index contributed by atoms with van der Waals surface area (Å²) in [5.41, 5.74) is -0.446. The minimum Gasteiger partial charge on any atom is -0.508 e. The molecule has 1 saturated heterocycles. The molecule has 1 aliphatic rings. The summed E-state index contributed by atoms with van der Waals surface area (Å²) in [6.45, 7) is 5.33. The van der Waals surface area contributed by atoms with Crippen molar-refractivity contribution in [2.45, 2.75) is 20.3 Å². The molecule has 4 N–H and O–H groups in total. The van der Waals surface area contributed by atoms with Crippen molar-refractivity contribution in [3.63, 3.8) is 0 Å². The van der Waals surface area contributed by atoms with Crippen molar-refractivity contribution in [2.75, 3.05) is 18.4 Å². The van der Waals surface area contributed by atoms with E-state index in [1.165, 1.54) is 12.1 Å². The molecule has 0 radical (unpaired) electrons. The van der Waals surface area contributed by atoms with Gasteiger partial charge in [0.2, 0.25) is 5.91 Å². The average Bonchev–Trinajstić information content (AvgIpc) is 2.91. The number of benzene rings is 1. The molecule has 6 nitrogen and oxygen atoms in total. The van der Waals surface area contributed by atoms with Gasteiger partial charge in [-0.3, -0.25) is 4.79 Å². The summed E-state index contributed by atoms with van der Waals surface area (Å²) < 4.78 is 0. The Morgan fingerprint density at radius 3 is 2.62 bits per heavy atom. The van der Waals surface area contributed by atoms with Gasteiger partial charge in [0, 0.05) is 6.54 Å². The summed E-state index contributed by atoms with van der Waals surface area (Å²) in [5, 5.41) is 24.5. The number of hydrogen-bond acceptors (Lipinski definition) is 4. The quantitative estimate of drug-likeness (QED) is 0.633. The SMILES string of the molecule is CC(C)C1(C(=O)Nc2ccc(O)cc2C(=O)O)CCNC1. The third-order valence-electron chi connectivity index (χ3n) is 4.23. The van der Waals surface area contributed by atoms with Crippen molar-refractivity contribution in [3.8, 4) is 5.75 Å². The van der Waals surface area contributed by atoms with E-state index in [1.54, 1.807) is 0 Å². The second kappa shape index (κ2) is 5.73. The Balaban J connectivity index is 2.29. The number of hydrogen-bond donors (Lipinski definition) is 4. The summed E-state index contributed by atoms with van der Waals surface area (Å²) >= 11 is 0. The Kier molecular flexibility index (Phi) is 4.18. The fraction of sp³-hybridized carbons (Fsp3) is 0.467. The number of carbonyl (C=O) groups is 2. The maximum Gasteiger partial charge on any atom is 0.337 e. The van der Waals surface area contributed by atoms with Gasteiger partial charge in [0.15, 0.2) is 0 Å². The third-order valence-corrected chi connectivity index (χ3v) is 4.23. The predicted molar refractivity (Wildman–Crippen MR) is 78.5 cm³/mol. The molecule has 0 aliphatic carbocycles. The molecule has 1 heterocycles. The number of aromatic hydroxyl groups is 1.